The predicted molar refractivity (Wildman–Crippen MR) is 82.8 cm³/mol. The van der Waals surface area contributed by atoms with Crippen LogP contribution in [0.1, 0.15) is 40.0 Å². The monoisotopic (exact) mass is 295 g/mol. The summed E-state index contributed by atoms with van der Waals surface area (Å²) in [5.41, 5.74) is -0.195. The molecule has 2 aliphatic heterocycles. The maximum absolute atomic E-state index is 12.9. The molecule has 0 aromatic rings. The van der Waals surface area contributed by atoms with Crippen LogP contribution in [-0.4, -0.2) is 60.9 Å². The fourth-order valence-electron chi connectivity index (χ4n) is 3.56. The van der Waals surface area contributed by atoms with Crippen LogP contribution >= 0.6 is 0 Å². The molecular formula is C16H29N3O2. The molecule has 5 nitrogen and oxygen atoms in total. The van der Waals surface area contributed by atoms with E-state index in [0.717, 1.165) is 32.4 Å². The average Bonchev–Trinajstić information content (AvgIpc) is 2.96. The van der Waals surface area contributed by atoms with Crippen molar-refractivity contribution in [1.29, 1.82) is 0 Å². The molecule has 0 aromatic carbocycles. The highest BCUT2D eigenvalue weighted by molar-refractivity contribution is 5.84. The summed E-state index contributed by atoms with van der Waals surface area (Å²) >= 11 is 0. The Morgan fingerprint density at radius 3 is 2.24 bits per heavy atom. The quantitative estimate of drug-likeness (QED) is 0.845. The standard InChI is InChI=1S/C16H29N3O2/c1-4-5-16(6-7-17-12-16)15(21)19-10-8-18(9-11-19)14(20)13(2)3/h13,17H,4-12H2,1-3H3. The highest BCUT2D eigenvalue weighted by atomic mass is 16.2. The lowest BCUT2D eigenvalue weighted by Crippen LogP contribution is -2.55. The molecule has 0 spiro atoms. The molecule has 2 rings (SSSR count). The molecule has 0 bridgehead atoms. The Morgan fingerprint density at radius 2 is 1.76 bits per heavy atom. The minimum Gasteiger partial charge on any atom is -0.339 e. The molecule has 1 unspecified atom stereocenters. The van der Waals surface area contributed by atoms with Crippen LogP contribution in [0.3, 0.4) is 0 Å². The van der Waals surface area contributed by atoms with Gasteiger partial charge in [0, 0.05) is 38.6 Å². The highest BCUT2D eigenvalue weighted by Crippen LogP contribution is 2.33. The first-order valence-electron chi connectivity index (χ1n) is 8.29. The van der Waals surface area contributed by atoms with Crippen molar-refractivity contribution >= 4 is 11.8 Å². The van der Waals surface area contributed by atoms with Gasteiger partial charge >= 0.3 is 0 Å². The number of amides is 2. The second-order valence-corrected chi connectivity index (χ2v) is 6.73. The van der Waals surface area contributed by atoms with Crippen molar-refractivity contribution in [2.24, 2.45) is 11.3 Å². The lowest BCUT2D eigenvalue weighted by atomic mass is 9.81. The molecule has 0 aromatic heterocycles. The summed E-state index contributed by atoms with van der Waals surface area (Å²) in [5, 5.41) is 3.35. The molecule has 1 atom stereocenters. The van der Waals surface area contributed by atoms with E-state index in [1.165, 1.54) is 0 Å². The Morgan fingerprint density at radius 1 is 1.14 bits per heavy atom. The van der Waals surface area contributed by atoms with Crippen molar-refractivity contribution in [2.45, 2.75) is 40.0 Å². The molecule has 0 saturated carbocycles. The van der Waals surface area contributed by atoms with E-state index >= 15 is 0 Å². The summed E-state index contributed by atoms with van der Waals surface area (Å²) < 4.78 is 0. The van der Waals surface area contributed by atoms with E-state index in [4.69, 9.17) is 0 Å². The van der Waals surface area contributed by atoms with Crippen LogP contribution in [0.2, 0.25) is 0 Å². The van der Waals surface area contributed by atoms with E-state index in [0.29, 0.717) is 32.1 Å². The zero-order valence-corrected chi connectivity index (χ0v) is 13.7. The normalized spacial score (nSPS) is 26.5. The van der Waals surface area contributed by atoms with E-state index in [1.807, 2.05) is 23.6 Å². The largest absolute Gasteiger partial charge is 0.339 e. The number of nitrogens with one attached hydrogen (secondary N) is 1. The van der Waals surface area contributed by atoms with Crippen molar-refractivity contribution in [2.75, 3.05) is 39.3 Å². The van der Waals surface area contributed by atoms with Crippen LogP contribution < -0.4 is 5.32 Å². The van der Waals surface area contributed by atoms with Crippen LogP contribution in [0.5, 0.6) is 0 Å². The van der Waals surface area contributed by atoms with Gasteiger partial charge in [0.05, 0.1) is 5.41 Å². The van der Waals surface area contributed by atoms with Gasteiger partial charge in [-0.3, -0.25) is 9.59 Å². The van der Waals surface area contributed by atoms with Gasteiger partial charge in [0.15, 0.2) is 0 Å². The minimum absolute atomic E-state index is 0.0396. The molecule has 2 heterocycles. The lowest BCUT2D eigenvalue weighted by Gasteiger charge is -2.40. The van der Waals surface area contributed by atoms with Crippen LogP contribution in [0.4, 0.5) is 0 Å². The van der Waals surface area contributed by atoms with Gasteiger partial charge in [-0.25, -0.2) is 0 Å². The Hall–Kier alpha value is -1.10. The third-order valence-electron chi connectivity index (χ3n) is 4.80. The number of nitrogens with zero attached hydrogens (tertiary/aromatic N) is 2. The van der Waals surface area contributed by atoms with Gasteiger partial charge in [0.25, 0.3) is 0 Å². The van der Waals surface area contributed by atoms with E-state index in [9.17, 15) is 9.59 Å². The SMILES string of the molecule is CCCC1(C(=O)N2CCN(C(=O)C(C)C)CC2)CCNC1. The molecule has 2 fully saturated rings. The summed E-state index contributed by atoms with van der Waals surface area (Å²) in [6.07, 6.45) is 2.95. The minimum atomic E-state index is -0.195. The Balaban J connectivity index is 1.95. The maximum atomic E-state index is 12.9. The number of piperazine rings is 1. The van der Waals surface area contributed by atoms with E-state index in [2.05, 4.69) is 12.2 Å². The third kappa shape index (κ3) is 3.39. The molecule has 2 aliphatic rings. The molecular weight excluding hydrogens is 266 g/mol. The van der Waals surface area contributed by atoms with E-state index in [1.54, 1.807) is 0 Å². The van der Waals surface area contributed by atoms with Crippen LogP contribution in [-0.2, 0) is 9.59 Å². The summed E-state index contributed by atoms with van der Waals surface area (Å²) in [5.74, 6) is 0.539. The van der Waals surface area contributed by atoms with Crippen molar-refractivity contribution in [3.63, 3.8) is 0 Å². The topological polar surface area (TPSA) is 52.7 Å². The van der Waals surface area contributed by atoms with Crippen molar-refractivity contribution in [1.82, 2.24) is 15.1 Å². The van der Waals surface area contributed by atoms with E-state index < -0.39 is 0 Å². The molecule has 0 aliphatic carbocycles. The summed E-state index contributed by atoms with van der Waals surface area (Å²) in [6.45, 7) is 10.5. The summed E-state index contributed by atoms with van der Waals surface area (Å²) in [6, 6.07) is 0. The van der Waals surface area contributed by atoms with Crippen LogP contribution in [0.15, 0.2) is 0 Å². The number of rotatable bonds is 4. The number of hydrogen-bond donors (Lipinski definition) is 1. The van der Waals surface area contributed by atoms with Gasteiger partial charge in [0.1, 0.15) is 0 Å². The number of hydrogen-bond acceptors (Lipinski definition) is 3. The van der Waals surface area contributed by atoms with E-state index in [-0.39, 0.29) is 17.2 Å². The fraction of sp³-hybridized carbons (Fsp3) is 0.875. The molecule has 120 valence electrons. The van der Waals surface area contributed by atoms with Gasteiger partial charge < -0.3 is 15.1 Å². The number of carbonyl (C=O) groups is 2. The lowest BCUT2D eigenvalue weighted by molar-refractivity contribution is -0.147. The molecule has 2 saturated heterocycles. The van der Waals surface area contributed by atoms with Crippen molar-refractivity contribution in [3.05, 3.63) is 0 Å². The first kappa shape index (κ1) is 16.3. The molecule has 1 N–H and O–H groups in total. The fourth-order valence-corrected chi connectivity index (χ4v) is 3.56. The van der Waals surface area contributed by atoms with Gasteiger partial charge in [-0.05, 0) is 19.4 Å². The predicted octanol–water partition coefficient (Wildman–Crippen LogP) is 1.09. The molecule has 0 radical (unpaired) electrons. The zero-order valence-electron chi connectivity index (χ0n) is 13.7. The first-order valence-corrected chi connectivity index (χ1v) is 8.29. The smallest absolute Gasteiger partial charge is 0.230 e. The van der Waals surface area contributed by atoms with Crippen LogP contribution in [0, 0.1) is 11.3 Å². The van der Waals surface area contributed by atoms with Gasteiger partial charge in [0.2, 0.25) is 11.8 Å². The molecule has 2 amide bonds. The van der Waals surface area contributed by atoms with Crippen molar-refractivity contribution in [3.8, 4) is 0 Å². The van der Waals surface area contributed by atoms with Crippen LogP contribution in [0.25, 0.3) is 0 Å². The maximum Gasteiger partial charge on any atom is 0.230 e. The summed E-state index contributed by atoms with van der Waals surface area (Å²) in [7, 11) is 0. The summed E-state index contributed by atoms with van der Waals surface area (Å²) in [4.78, 5) is 28.8. The number of carbonyl (C=O) groups excluding carboxylic acids is 2. The molecule has 21 heavy (non-hydrogen) atoms. The highest BCUT2D eigenvalue weighted by Gasteiger charge is 2.43. The van der Waals surface area contributed by atoms with Crippen molar-refractivity contribution < 1.29 is 9.59 Å². The third-order valence-corrected chi connectivity index (χ3v) is 4.80. The second-order valence-electron chi connectivity index (χ2n) is 6.73. The Labute approximate surface area is 128 Å². The average molecular weight is 295 g/mol. The molecule has 5 heteroatoms. The van der Waals surface area contributed by atoms with Gasteiger partial charge in [-0.15, -0.1) is 0 Å². The zero-order chi connectivity index (χ0) is 15.5. The first-order chi connectivity index (χ1) is 10.00. The Bertz CT molecular complexity index is 381. The van der Waals surface area contributed by atoms with Gasteiger partial charge in [-0.1, -0.05) is 27.2 Å². The second kappa shape index (κ2) is 6.77. The Kier molecular flexibility index (Phi) is 5.25. The van der Waals surface area contributed by atoms with Gasteiger partial charge in [-0.2, -0.15) is 0 Å².